The molecule has 0 spiro atoms. The summed E-state index contributed by atoms with van der Waals surface area (Å²) in [6.45, 7) is 0. The Morgan fingerprint density at radius 1 is 0.846 bits per heavy atom. The smallest absolute Gasteiger partial charge is 0.152 e. The number of ether oxygens (including phenoxy) is 1. The molecule has 0 aliphatic carbocycles. The largest absolute Gasteiger partial charge is 0.455 e. The predicted molar refractivity (Wildman–Crippen MR) is 108 cm³/mol. The van der Waals surface area contributed by atoms with Gasteiger partial charge >= 0.3 is 0 Å². The van der Waals surface area contributed by atoms with Crippen molar-refractivity contribution in [3.63, 3.8) is 0 Å². The standard InChI is InChI=1S/C20H17Cl2N3O/c1-25(2)19-11-9-15(13-20(19)26-16-6-4-3-5-7-16)23-24-18-12-14(21)8-10-17(18)22/h3-13H,1-2H3. The maximum Gasteiger partial charge on any atom is 0.152 e. The zero-order valence-electron chi connectivity index (χ0n) is 14.4. The lowest BCUT2D eigenvalue weighted by atomic mass is 10.2. The second-order valence-electron chi connectivity index (χ2n) is 5.76. The number of benzene rings is 3. The van der Waals surface area contributed by atoms with E-state index in [1.54, 1.807) is 18.2 Å². The number of halogens is 2. The third kappa shape index (κ3) is 4.54. The maximum atomic E-state index is 6.12. The molecule has 3 rings (SSSR count). The SMILES string of the molecule is CN(C)c1ccc(N=Nc2cc(Cl)ccc2Cl)cc1Oc1ccccc1. The Morgan fingerprint density at radius 3 is 2.35 bits per heavy atom. The van der Waals surface area contributed by atoms with E-state index < -0.39 is 0 Å². The topological polar surface area (TPSA) is 37.2 Å². The van der Waals surface area contributed by atoms with Gasteiger partial charge in [-0.3, -0.25) is 0 Å². The van der Waals surface area contributed by atoms with Gasteiger partial charge in [0, 0.05) is 25.2 Å². The molecule has 0 bridgehead atoms. The lowest BCUT2D eigenvalue weighted by Gasteiger charge is -2.18. The molecule has 0 aromatic heterocycles. The molecule has 0 aliphatic heterocycles. The minimum Gasteiger partial charge on any atom is -0.455 e. The Bertz CT molecular complexity index is 928. The summed E-state index contributed by atoms with van der Waals surface area (Å²) in [6.07, 6.45) is 0. The van der Waals surface area contributed by atoms with E-state index in [-0.39, 0.29) is 0 Å². The highest BCUT2D eigenvalue weighted by atomic mass is 35.5. The number of nitrogens with zero attached hydrogens (tertiary/aromatic N) is 3. The highest BCUT2D eigenvalue weighted by molar-refractivity contribution is 6.35. The van der Waals surface area contributed by atoms with Crippen LogP contribution in [0, 0.1) is 0 Å². The van der Waals surface area contributed by atoms with Crippen LogP contribution in [0.1, 0.15) is 0 Å². The molecule has 3 aromatic carbocycles. The molecule has 4 nitrogen and oxygen atoms in total. The first-order valence-corrected chi connectivity index (χ1v) is 8.69. The highest BCUT2D eigenvalue weighted by Gasteiger charge is 2.09. The fraction of sp³-hybridized carbons (Fsp3) is 0.100. The first-order chi connectivity index (χ1) is 12.5. The van der Waals surface area contributed by atoms with Gasteiger partial charge in [0.25, 0.3) is 0 Å². The van der Waals surface area contributed by atoms with E-state index in [1.165, 1.54) is 0 Å². The van der Waals surface area contributed by atoms with Crippen molar-refractivity contribution < 1.29 is 4.74 Å². The van der Waals surface area contributed by atoms with Gasteiger partial charge in [0.1, 0.15) is 11.4 Å². The number of rotatable bonds is 5. The van der Waals surface area contributed by atoms with Gasteiger partial charge in [-0.1, -0.05) is 41.4 Å². The number of azo groups is 1. The van der Waals surface area contributed by atoms with Gasteiger partial charge < -0.3 is 9.64 Å². The average molecular weight is 386 g/mol. The molecular weight excluding hydrogens is 369 g/mol. The molecule has 0 fully saturated rings. The van der Waals surface area contributed by atoms with Gasteiger partial charge in [-0.25, -0.2) is 0 Å². The molecule has 3 aromatic rings. The first-order valence-electron chi connectivity index (χ1n) is 7.94. The molecule has 0 amide bonds. The number of hydrogen-bond acceptors (Lipinski definition) is 4. The Kier molecular flexibility index (Phi) is 5.76. The fourth-order valence-corrected chi connectivity index (χ4v) is 2.63. The third-order valence-corrected chi connectivity index (χ3v) is 4.13. The zero-order chi connectivity index (χ0) is 18.5. The molecule has 0 saturated carbocycles. The third-order valence-electron chi connectivity index (χ3n) is 3.58. The van der Waals surface area contributed by atoms with Crippen LogP contribution in [0.25, 0.3) is 0 Å². The summed E-state index contributed by atoms with van der Waals surface area (Å²) in [4.78, 5) is 1.98. The van der Waals surface area contributed by atoms with Crippen LogP contribution in [0.5, 0.6) is 11.5 Å². The summed E-state index contributed by atoms with van der Waals surface area (Å²) in [5.74, 6) is 1.44. The van der Waals surface area contributed by atoms with Crippen LogP contribution in [-0.2, 0) is 0 Å². The van der Waals surface area contributed by atoms with Crippen LogP contribution in [0.3, 0.4) is 0 Å². The van der Waals surface area contributed by atoms with E-state index in [2.05, 4.69) is 10.2 Å². The van der Waals surface area contributed by atoms with E-state index in [0.717, 1.165) is 11.4 Å². The van der Waals surface area contributed by atoms with Crippen LogP contribution in [0.2, 0.25) is 10.0 Å². The van der Waals surface area contributed by atoms with Gasteiger partial charge in [-0.05, 0) is 42.5 Å². The van der Waals surface area contributed by atoms with E-state index in [4.69, 9.17) is 27.9 Å². The molecule has 0 saturated heterocycles. The van der Waals surface area contributed by atoms with Gasteiger partial charge in [0.2, 0.25) is 0 Å². The van der Waals surface area contributed by atoms with Crippen LogP contribution < -0.4 is 9.64 Å². The van der Waals surface area contributed by atoms with Crippen molar-refractivity contribution in [1.29, 1.82) is 0 Å². The monoisotopic (exact) mass is 385 g/mol. The number of anilines is 1. The number of para-hydroxylation sites is 1. The van der Waals surface area contributed by atoms with E-state index in [9.17, 15) is 0 Å². The molecular formula is C20H17Cl2N3O. The molecule has 0 N–H and O–H groups in total. The molecule has 132 valence electrons. The zero-order valence-corrected chi connectivity index (χ0v) is 15.9. The Labute approximate surface area is 162 Å². The van der Waals surface area contributed by atoms with Crippen molar-refractivity contribution in [3.8, 4) is 11.5 Å². The van der Waals surface area contributed by atoms with Crippen molar-refractivity contribution in [2.24, 2.45) is 10.2 Å². The van der Waals surface area contributed by atoms with Crippen LogP contribution in [0.15, 0.2) is 77.0 Å². The lowest BCUT2D eigenvalue weighted by molar-refractivity contribution is 0.483. The highest BCUT2D eigenvalue weighted by Crippen LogP contribution is 2.36. The summed E-state index contributed by atoms with van der Waals surface area (Å²) in [7, 11) is 3.92. The van der Waals surface area contributed by atoms with Crippen molar-refractivity contribution in [1.82, 2.24) is 0 Å². The molecule has 0 heterocycles. The van der Waals surface area contributed by atoms with Crippen molar-refractivity contribution in [2.75, 3.05) is 19.0 Å². The molecule has 0 aliphatic rings. The van der Waals surface area contributed by atoms with Crippen LogP contribution in [0.4, 0.5) is 17.1 Å². The van der Waals surface area contributed by atoms with E-state index in [1.807, 2.05) is 67.5 Å². The maximum absolute atomic E-state index is 6.12. The van der Waals surface area contributed by atoms with Gasteiger partial charge in [-0.2, -0.15) is 5.11 Å². The second kappa shape index (κ2) is 8.21. The van der Waals surface area contributed by atoms with Crippen LogP contribution in [-0.4, -0.2) is 14.1 Å². The average Bonchev–Trinajstić information content (AvgIpc) is 2.63. The molecule has 26 heavy (non-hydrogen) atoms. The van der Waals surface area contributed by atoms with Gasteiger partial charge in [-0.15, -0.1) is 5.11 Å². The fourth-order valence-electron chi connectivity index (χ4n) is 2.31. The Balaban J connectivity index is 1.92. The molecule has 0 radical (unpaired) electrons. The lowest BCUT2D eigenvalue weighted by Crippen LogP contribution is -2.09. The Morgan fingerprint density at radius 2 is 1.62 bits per heavy atom. The predicted octanol–water partition coefficient (Wildman–Crippen LogP) is 7.27. The molecule has 0 atom stereocenters. The molecule has 6 heteroatoms. The second-order valence-corrected chi connectivity index (χ2v) is 6.60. The molecule has 0 unspecified atom stereocenters. The van der Waals surface area contributed by atoms with Crippen molar-refractivity contribution in [2.45, 2.75) is 0 Å². The first kappa shape index (κ1) is 18.2. The van der Waals surface area contributed by atoms with Gasteiger partial charge in [0.15, 0.2) is 5.75 Å². The summed E-state index contributed by atoms with van der Waals surface area (Å²) >= 11 is 12.1. The summed E-state index contributed by atoms with van der Waals surface area (Å²) < 4.78 is 6.02. The van der Waals surface area contributed by atoms with Crippen molar-refractivity contribution >= 4 is 40.3 Å². The number of hydrogen-bond donors (Lipinski definition) is 0. The van der Waals surface area contributed by atoms with Crippen LogP contribution >= 0.6 is 23.2 Å². The normalized spacial score (nSPS) is 10.9. The Hall–Kier alpha value is -2.56. The van der Waals surface area contributed by atoms with E-state index >= 15 is 0 Å². The summed E-state index contributed by atoms with van der Waals surface area (Å²) in [5, 5.41) is 9.51. The minimum atomic E-state index is 0.490. The summed E-state index contributed by atoms with van der Waals surface area (Å²) in [5.41, 5.74) is 2.10. The summed E-state index contributed by atoms with van der Waals surface area (Å²) in [6, 6.07) is 20.3. The van der Waals surface area contributed by atoms with Crippen molar-refractivity contribution in [3.05, 3.63) is 76.8 Å². The van der Waals surface area contributed by atoms with Gasteiger partial charge in [0.05, 0.1) is 16.4 Å². The minimum absolute atomic E-state index is 0.490. The quantitative estimate of drug-likeness (QED) is 0.433. The van der Waals surface area contributed by atoms with E-state index in [0.29, 0.717) is 27.2 Å².